The average molecular weight is 331 g/mol. The first-order valence-corrected chi connectivity index (χ1v) is 7.39. The van der Waals surface area contributed by atoms with E-state index >= 15 is 0 Å². The molecule has 0 aliphatic rings. The Hall–Kier alpha value is -0.720. The highest BCUT2D eigenvalue weighted by Crippen LogP contribution is 2.13. The predicted molar refractivity (Wildman–Crippen MR) is 81.6 cm³/mol. The van der Waals surface area contributed by atoms with Crippen LogP contribution >= 0.6 is 15.9 Å². The topological polar surface area (TPSA) is 50.3 Å². The van der Waals surface area contributed by atoms with Crippen molar-refractivity contribution in [1.29, 1.82) is 0 Å². The van der Waals surface area contributed by atoms with Gasteiger partial charge in [-0.1, -0.05) is 6.92 Å². The van der Waals surface area contributed by atoms with Gasteiger partial charge in [-0.2, -0.15) is 0 Å². The Balaban J connectivity index is 2.40. The van der Waals surface area contributed by atoms with E-state index in [0.29, 0.717) is 0 Å². The number of ether oxygens (including phenoxy) is 1. The van der Waals surface area contributed by atoms with Gasteiger partial charge in [-0.05, 0) is 29.4 Å². The van der Waals surface area contributed by atoms with Crippen molar-refractivity contribution in [3.8, 4) is 0 Å². The van der Waals surface area contributed by atoms with E-state index in [2.05, 4.69) is 50.1 Å². The number of methoxy groups -OCH3 is 1. The molecule has 0 saturated heterocycles. The molecule has 1 aromatic rings. The largest absolute Gasteiger partial charge is 0.383 e. The minimum Gasteiger partial charge on any atom is -0.383 e. The fraction of sp³-hybridized carbons (Fsp3) is 0.692. The van der Waals surface area contributed by atoms with Gasteiger partial charge in [-0.3, -0.25) is 0 Å². The van der Waals surface area contributed by atoms with Gasteiger partial charge in [0.05, 0.1) is 6.61 Å². The van der Waals surface area contributed by atoms with Crippen molar-refractivity contribution in [3.05, 3.63) is 16.5 Å². The van der Waals surface area contributed by atoms with Gasteiger partial charge >= 0.3 is 0 Å². The molecule has 0 bridgehead atoms. The Morgan fingerprint density at radius 2 is 2.16 bits per heavy atom. The molecule has 0 aliphatic heterocycles. The highest BCUT2D eigenvalue weighted by Gasteiger charge is 2.03. The van der Waals surface area contributed by atoms with Crippen molar-refractivity contribution in [2.24, 2.45) is 0 Å². The zero-order valence-corrected chi connectivity index (χ0v) is 13.5. The van der Waals surface area contributed by atoms with Crippen LogP contribution in [-0.2, 0) is 11.2 Å². The fourth-order valence-corrected chi connectivity index (χ4v) is 2.05. The van der Waals surface area contributed by atoms with E-state index in [1.54, 1.807) is 7.11 Å². The zero-order valence-electron chi connectivity index (χ0n) is 11.9. The smallest absolute Gasteiger partial charge is 0.132 e. The summed E-state index contributed by atoms with van der Waals surface area (Å²) in [5.74, 6) is 1.76. The van der Waals surface area contributed by atoms with Gasteiger partial charge < -0.3 is 15.0 Å². The Morgan fingerprint density at radius 1 is 1.37 bits per heavy atom. The van der Waals surface area contributed by atoms with E-state index in [4.69, 9.17) is 4.74 Å². The van der Waals surface area contributed by atoms with Gasteiger partial charge in [-0.15, -0.1) is 0 Å². The van der Waals surface area contributed by atoms with Gasteiger partial charge in [0.15, 0.2) is 0 Å². The maximum Gasteiger partial charge on any atom is 0.132 e. The third-order valence-corrected chi connectivity index (χ3v) is 3.10. The Morgan fingerprint density at radius 3 is 2.84 bits per heavy atom. The predicted octanol–water partition coefficient (Wildman–Crippen LogP) is 2.18. The summed E-state index contributed by atoms with van der Waals surface area (Å²) in [6.45, 7) is 5.63. The molecular formula is C13H23BrN4O. The lowest BCUT2D eigenvalue weighted by atomic mass is 10.3. The molecule has 0 saturated carbocycles. The molecule has 19 heavy (non-hydrogen) atoms. The van der Waals surface area contributed by atoms with Crippen LogP contribution in [0, 0.1) is 0 Å². The van der Waals surface area contributed by atoms with Crippen molar-refractivity contribution in [2.45, 2.75) is 19.8 Å². The first kappa shape index (κ1) is 16.3. The summed E-state index contributed by atoms with van der Waals surface area (Å²) in [5.41, 5.74) is 0. The van der Waals surface area contributed by atoms with Crippen LogP contribution in [0.15, 0.2) is 10.7 Å². The van der Waals surface area contributed by atoms with Crippen LogP contribution in [0.1, 0.15) is 19.2 Å². The summed E-state index contributed by atoms with van der Waals surface area (Å²) >= 11 is 3.42. The molecule has 1 N–H and O–H groups in total. The van der Waals surface area contributed by atoms with Crippen LogP contribution in [0.3, 0.4) is 0 Å². The lowest BCUT2D eigenvalue weighted by Crippen LogP contribution is -2.28. The van der Waals surface area contributed by atoms with Crippen LogP contribution in [0.2, 0.25) is 0 Å². The van der Waals surface area contributed by atoms with Gasteiger partial charge in [0.1, 0.15) is 16.2 Å². The van der Waals surface area contributed by atoms with Crippen LogP contribution in [0.5, 0.6) is 0 Å². The number of likely N-dealkylation sites (N-methyl/N-ethyl adjacent to an activating group) is 1. The molecule has 0 unspecified atom stereocenters. The van der Waals surface area contributed by atoms with Crippen molar-refractivity contribution in [1.82, 2.24) is 14.9 Å². The molecule has 6 heteroatoms. The SMILES string of the molecule is CCCc1nc(Br)cc(NCCN(C)CCOC)n1. The molecule has 0 spiro atoms. The molecule has 0 fully saturated rings. The standard InChI is InChI=1S/C13H23BrN4O/c1-4-5-12-16-11(14)10-13(17-12)15-6-7-18(2)8-9-19-3/h10H,4-9H2,1-3H3,(H,15,16,17). The minimum absolute atomic E-state index is 0.760. The van der Waals surface area contributed by atoms with E-state index in [9.17, 15) is 0 Å². The Bertz CT molecular complexity index is 376. The van der Waals surface area contributed by atoms with Gasteiger partial charge in [0, 0.05) is 39.2 Å². The van der Waals surface area contributed by atoms with E-state index in [1.165, 1.54) is 0 Å². The molecule has 1 heterocycles. The van der Waals surface area contributed by atoms with Crippen molar-refractivity contribution in [3.63, 3.8) is 0 Å². The summed E-state index contributed by atoms with van der Waals surface area (Å²) in [6, 6.07) is 1.91. The monoisotopic (exact) mass is 330 g/mol. The molecule has 0 radical (unpaired) electrons. The highest BCUT2D eigenvalue weighted by molar-refractivity contribution is 9.10. The number of nitrogens with zero attached hydrogens (tertiary/aromatic N) is 3. The molecule has 0 atom stereocenters. The van der Waals surface area contributed by atoms with E-state index in [0.717, 1.165) is 55.3 Å². The van der Waals surface area contributed by atoms with E-state index in [-0.39, 0.29) is 0 Å². The Labute approximate surface area is 123 Å². The molecule has 1 rings (SSSR count). The van der Waals surface area contributed by atoms with Crippen molar-refractivity contribution < 1.29 is 4.74 Å². The number of nitrogens with one attached hydrogen (secondary N) is 1. The van der Waals surface area contributed by atoms with Crippen molar-refractivity contribution in [2.75, 3.05) is 45.7 Å². The summed E-state index contributed by atoms with van der Waals surface area (Å²) in [7, 11) is 3.80. The average Bonchev–Trinajstić information content (AvgIpc) is 2.36. The highest BCUT2D eigenvalue weighted by atomic mass is 79.9. The number of halogens is 1. The molecule has 1 aromatic heterocycles. The normalized spacial score (nSPS) is 11.0. The summed E-state index contributed by atoms with van der Waals surface area (Å²) < 4.78 is 5.88. The second-order valence-corrected chi connectivity index (χ2v) is 5.28. The van der Waals surface area contributed by atoms with Crippen LogP contribution < -0.4 is 5.32 Å². The lowest BCUT2D eigenvalue weighted by Gasteiger charge is -2.16. The number of anilines is 1. The first-order valence-electron chi connectivity index (χ1n) is 6.60. The van der Waals surface area contributed by atoms with E-state index < -0.39 is 0 Å². The number of hydrogen-bond donors (Lipinski definition) is 1. The second-order valence-electron chi connectivity index (χ2n) is 4.46. The molecule has 0 aliphatic carbocycles. The molecular weight excluding hydrogens is 308 g/mol. The lowest BCUT2D eigenvalue weighted by molar-refractivity contribution is 0.163. The van der Waals surface area contributed by atoms with Gasteiger partial charge in [-0.25, -0.2) is 9.97 Å². The summed E-state index contributed by atoms with van der Waals surface area (Å²) in [4.78, 5) is 11.1. The molecule has 0 aromatic carbocycles. The van der Waals surface area contributed by atoms with E-state index in [1.807, 2.05) is 6.07 Å². The number of aromatic nitrogens is 2. The molecule has 5 nitrogen and oxygen atoms in total. The molecule has 108 valence electrons. The first-order chi connectivity index (χ1) is 9.15. The summed E-state index contributed by atoms with van der Waals surface area (Å²) in [6.07, 6.45) is 1.96. The van der Waals surface area contributed by atoms with Crippen LogP contribution in [-0.4, -0.2) is 55.3 Å². The maximum atomic E-state index is 5.05. The fourth-order valence-electron chi connectivity index (χ4n) is 1.62. The summed E-state index contributed by atoms with van der Waals surface area (Å²) in [5, 5.41) is 3.33. The van der Waals surface area contributed by atoms with Crippen molar-refractivity contribution >= 4 is 21.7 Å². The second kappa shape index (κ2) is 9.23. The van der Waals surface area contributed by atoms with Gasteiger partial charge in [0.25, 0.3) is 0 Å². The number of hydrogen-bond acceptors (Lipinski definition) is 5. The molecule has 0 amide bonds. The van der Waals surface area contributed by atoms with Crippen LogP contribution in [0.25, 0.3) is 0 Å². The number of rotatable bonds is 9. The quantitative estimate of drug-likeness (QED) is 0.703. The zero-order chi connectivity index (χ0) is 14.1. The van der Waals surface area contributed by atoms with Gasteiger partial charge in [0.2, 0.25) is 0 Å². The maximum absolute atomic E-state index is 5.05. The minimum atomic E-state index is 0.760. The number of aryl methyl sites for hydroxylation is 1. The third kappa shape index (κ3) is 6.84. The Kier molecular flexibility index (Phi) is 7.93. The third-order valence-electron chi connectivity index (χ3n) is 2.69. The van der Waals surface area contributed by atoms with Crippen LogP contribution in [0.4, 0.5) is 5.82 Å².